The number of benzene rings is 1. The van der Waals surface area contributed by atoms with E-state index in [1.807, 2.05) is 0 Å². The Balaban J connectivity index is 3.23. The molecule has 1 aromatic carbocycles. The van der Waals surface area contributed by atoms with Gasteiger partial charge in [-0.25, -0.2) is 8.78 Å². The van der Waals surface area contributed by atoms with Crippen molar-refractivity contribution < 1.29 is 13.6 Å². The lowest BCUT2D eigenvalue weighted by atomic mass is 10.1. The minimum Gasteiger partial charge on any atom is -0.294 e. The number of ketones is 1. The highest BCUT2D eigenvalue weighted by Gasteiger charge is 2.12. The highest BCUT2D eigenvalue weighted by molar-refractivity contribution is 5.96. The van der Waals surface area contributed by atoms with Crippen LogP contribution in [0.3, 0.4) is 0 Å². The Morgan fingerprint density at radius 1 is 1.31 bits per heavy atom. The molecule has 70 valence electrons. The molecule has 0 unspecified atom stereocenters. The van der Waals surface area contributed by atoms with Crippen LogP contribution in [-0.2, 0) is 0 Å². The van der Waals surface area contributed by atoms with Crippen molar-refractivity contribution >= 4 is 5.78 Å². The van der Waals surface area contributed by atoms with Crippen molar-refractivity contribution in [3.63, 3.8) is 0 Å². The lowest BCUT2D eigenvalue weighted by Gasteiger charge is -2.02. The van der Waals surface area contributed by atoms with Crippen LogP contribution >= 0.6 is 0 Å². The SMILES string of the molecule is CCC(=O)c1cc(F)c(C)cc1F. The predicted octanol–water partition coefficient (Wildman–Crippen LogP) is 2.87. The first-order chi connectivity index (χ1) is 6.06. The van der Waals surface area contributed by atoms with Crippen LogP contribution in [0, 0.1) is 18.6 Å². The lowest BCUT2D eigenvalue weighted by molar-refractivity contribution is 0.0984. The molecule has 1 aromatic rings. The average molecular weight is 184 g/mol. The topological polar surface area (TPSA) is 17.1 Å². The molecule has 0 radical (unpaired) electrons. The Morgan fingerprint density at radius 2 is 1.92 bits per heavy atom. The third-order valence-electron chi connectivity index (χ3n) is 1.87. The predicted molar refractivity (Wildman–Crippen MR) is 45.7 cm³/mol. The summed E-state index contributed by atoms with van der Waals surface area (Å²) in [6, 6.07) is 1.99. The normalized spacial score (nSPS) is 10.2. The molecule has 0 fully saturated rings. The molecular weight excluding hydrogens is 174 g/mol. The third kappa shape index (κ3) is 1.91. The van der Waals surface area contributed by atoms with Crippen molar-refractivity contribution in [2.24, 2.45) is 0 Å². The lowest BCUT2D eigenvalue weighted by Crippen LogP contribution is -2.02. The van der Waals surface area contributed by atoms with Crippen LogP contribution in [0.4, 0.5) is 8.78 Å². The van der Waals surface area contributed by atoms with Crippen molar-refractivity contribution in [3.05, 3.63) is 34.9 Å². The second-order valence-corrected chi connectivity index (χ2v) is 2.86. The molecule has 0 amide bonds. The second kappa shape index (κ2) is 3.64. The standard InChI is InChI=1S/C10H10F2O/c1-3-10(13)7-5-8(11)6(2)4-9(7)12/h4-5H,3H2,1-2H3. The molecular formula is C10H10F2O. The molecule has 3 heteroatoms. The van der Waals surface area contributed by atoms with Gasteiger partial charge in [0.1, 0.15) is 11.6 Å². The summed E-state index contributed by atoms with van der Waals surface area (Å²) < 4.78 is 26.0. The maximum Gasteiger partial charge on any atom is 0.165 e. The first-order valence-corrected chi connectivity index (χ1v) is 4.05. The fourth-order valence-electron chi connectivity index (χ4n) is 1.05. The summed E-state index contributed by atoms with van der Waals surface area (Å²) in [6.45, 7) is 3.07. The third-order valence-corrected chi connectivity index (χ3v) is 1.87. The number of carbonyl (C=O) groups excluding carboxylic acids is 1. The zero-order valence-corrected chi connectivity index (χ0v) is 7.53. The quantitative estimate of drug-likeness (QED) is 0.646. The highest BCUT2D eigenvalue weighted by Crippen LogP contribution is 2.15. The van der Waals surface area contributed by atoms with Gasteiger partial charge < -0.3 is 0 Å². The molecule has 0 spiro atoms. The number of halogens is 2. The molecule has 1 rings (SSSR count). The number of carbonyl (C=O) groups is 1. The summed E-state index contributed by atoms with van der Waals surface area (Å²) in [5, 5.41) is 0. The molecule has 0 heterocycles. The monoisotopic (exact) mass is 184 g/mol. The molecule has 0 aliphatic carbocycles. The molecule has 0 saturated heterocycles. The van der Waals surface area contributed by atoms with Gasteiger partial charge in [0.15, 0.2) is 5.78 Å². The van der Waals surface area contributed by atoms with Gasteiger partial charge >= 0.3 is 0 Å². The molecule has 0 aromatic heterocycles. The summed E-state index contributed by atoms with van der Waals surface area (Å²) in [5.41, 5.74) is 0.0516. The van der Waals surface area contributed by atoms with Gasteiger partial charge in [0, 0.05) is 6.42 Å². The maximum absolute atomic E-state index is 13.1. The van der Waals surface area contributed by atoms with Gasteiger partial charge in [-0.05, 0) is 24.6 Å². The number of Topliss-reactive ketones (excluding diaryl/α,β-unsaturated/α-hetero) is 1. The number of hydrogen-bond acceptors (Lipinski definition) is 1. The Hall–Kier alpha value is -1.25. The van der Waals surface area contributed by atoms with Gasteiger partial charge in [0.05, 0.1) is 5.56 Å². The van der Waals surface area contributed by atoms with Crippen LogP contribution in [0.15, 0.2) is 12.1 Å². The van der Waals surface area contributed by atoms with E-state index in [2.05, 4.69) is 0 Å². The Morgan fingerprint density at radius 3 is 2.46 bits per heavy atom. The van der Waals surface area contributed by atoms with E-state index in [4.69, 9.17) is 0 Å². The van der Waals surface area contributed by atoms with Crippen molar-refractivity contribution in [3.8, 4) is 0 Å². The molecule has 0 bridgehead atoms. The molecule has 0 atom stereocenters. The molecule has 0 aliphatic rings. The first-order valence-electron chi connectivity index (χ1n) is 4.05. The van der Waals surface area contributed by atoms with E-state index in [0.717, 1.165) is 12.1 Å². The Bertz CT molecular complexity index is 345. The van der Waals surface area contributed by atoms with Crippen molar-refractivity contribution in [2.45, 2.75) is 20.3 Å². The van der Waals surface area contributed by atoms with Crippen molar-refractivity contribution in [2.75, 3.05) is 0 Å². The van der Waals surface area contributed by atoms with E-state index < -0.39 is 11.6 Å². The highest BCUT2D eigenvalue weighted by atomic mass is 19.1. The molecule has 1 nitrogen and oxygen atoms in total. The maximum atomic E-state index is 13.1. The second-order valence-electron chi connectivity index (χ2n) is 2.86. The number of rotatable bonds is 2. The van der Waals surface area contributed by atoms with Crippen molar-refractivity contribution in [1.82, 2.24) is 0 Å². The van der Waals surface area contributed by atoms with Crippen LogP contribution < -0.4 is 0 Å². The van der Waals surface area contributed by atoms with Crippen LogP contribution in [0.25, 0.3) is 0 Å². The van der Waals surface area contributed by atoms with E-state index >= 15 is 0 Å². The van der Waals surface area contributed by atoms with Crippen LogP contribution in [-0.4, -0.2) is 5.78 Å². The number of aryl methyl sites for hydroxylation is 1. The van der Waals surface area contributed by atoms with E-state index in [1.54, 1.807) is 6.92 Å². The molecule has 0 aliphatic heterocycles. The molecule has 0 saturated carbocycles. The van der Waals surface area contributed by atoms with Crippen LogP contribution in [0.5, 0.6) is 0 Å². The van der Waals surface area contributed by atoms with Gasteiger partial charge in [-0.1, -0.05) is 6.92 Å². The van der Waals surface area contributed by atoms with Crippen LogP contribution in [0.1, 0.15) is 29.3 Å². The van der Waals surface area contributed by atoms with E-state index in [1.165, 1.54) is 6.92 Å². The average Bonchev–Trinajstić information content (AvgIpc) is 2.10. The molecule has 13 heavy (non-hydrogen) atoms. The summed E-state index contributed by atoms with van der Waals surface area (Å²) in [7, 11) is 0. The first kappa shape index (κ1) is 9.84. The minimum atomic E-state index is -0.647. The summed E-state index contributed by atoms with van der Waals surface area (Å²) >= 11 is 0. The van der Waals surface area contributed by atoms with Crippen molar-refractivity contribution in [1.29, 1.82) is 0 Å². The summed E-state index contributed by atoms with van der Waals surface area (Å²) in [4.78, 5) is 11.1. The minimum absolute atomic E-state index is 0.161. The largest absolute Gasteiger partial charge is 0.294 e. The number of hydrogen-bond donors (Lipinski definition) is 0. The van der Waals surface area contributed by atoms with Gasteiger partial charge in [-0.2, -0.15) is 0 Å². The summed E-state index contributed by atoms with van der Waals surface area (Å²) in [5.74, 6) is -1.57. The fraction of sp³-hybridized carbons (Fsp3) is 0.300. The Kier molecular flexibility index (Phi) is 2.76. The molecule has 0 N–H and O–H groups in total. The zero-order chi connectivity index (χ0) is 10.0. The smallest absolute Gasteiger partial charge is 0.165 e. The van der Waals surface area contributed by atoms with E-state index in [0.29, 0.717) is 0 Å². The van der Waals surface area contributed by atoms with Gasteiger partial charge in [0.2, 0.25) is 0 Å². The van der Waals surface area contributed by atoms with E-state index in [-0.39, 0.29) is 23.3 Å². The van der Waals surface area contributed by atoms with Gasteiger partial charge in [-0.15, -0.1) is 0 Å². The summed E-state index contributed by atoms with van der Waals surface area (Å²) in [6.07, 6.45) is 0.180. The van der Waals surface area contributed by atoms with Gasteiger partial charge in [-0.3, -0.25) is 4.79 Å². The van der Waals surface area contributed by atoms with Crippen LogP contribution in [0.2, 0.25) is 0 Å². The Labute approximate surface area is 75.4 Å². The van der Waals surface area contributed by atoms with Gasteiger partial charge in [0.25, 0.3) is 0 Å². The zero-order valence-electron chi connectivity index (χ0n) is 7.53. The fourth-order valence-corrected chi connectivity index (χ4v) is 1.05. The van der Waals surface area contributed by atoms with E-state index in [9.17, 15) is 13.6 Å².